The minimum absolute atomic E-state index is 0.114. The highest BCUT2D eigenvalue weighted by atomic mass is 35.5. The predicted octanol–water partition coefficient (Wildman–Crippen LogP) is 2.98. The first-order chi connectivity index (χ1) is 13.6. The molecule has 144 valence electrons. The third-order valence-corrected chi connectivity index (χ3v) is 4.83. The van der Waals surface area contributed by atoms with E-state index in [0.29, 0.717) is 31.2 Å². The van der Waals surface area contributed by atoms with Gasteiger partial charge in [0.2, 0.25) is 0 Å². The van der Waals surface area contributed by atoms with Gasteiger partial charge in [-0.05, 0) is 37.3 Å². The van der Waals surface area contributed by atoms with Gasteiger partial charge in [0.1, 0.15) is 12.1 Å². The van der Waals surface area contributed by atoms with E-state index >= 15 is 0 Å². The summed E-state index contributed by atoms with van der Waals surface area (Å²) in [7, 11) is 0. The molecule has 0 radical (unpaired) electrons. The lowest BCUT2D eigenvalue weighted by Gasteiger charge is -2.35. The monoisotopic (exact) mass is 397 g/mol. The lowest BCUT2D eigenvalue weighted by Crippen LogP contribution is -2.50. The fourth-order valence-corrected chi connectivity index (χ4v) is 3.18. The van der Waals surface area contributed by atoms with Crippen molar-refractivity contribution in [2.75, 3.05) is 36.4 Å². The summed E-state index contributed by atoms with van der Waals surface area (Å²) in [5.41, 5.74) is 1.66. The van der Waals surface area contributed by atoms with Gasteiger partial charge in [-0.2, -0.15) is 5.10 Å². The molecule has 0 atom stereocenters. The third kappa shape index (κ3) is 4.07. The van der Waals surface area contributed by atoms with E-state index in [1.807, 2.05) is 25.3 Å². The van der Waals surface area contributed by atoms with E-state index in [1.165, 1.54) is 0 Å². The van der Waals surface area contributed by atoms with Crippen LogP contribution < -0.4 is 10.2 Å². The van der Waals surface area contributed by atoms with Crippen LogP contribution in [0.2, 0.25) is 5.02 Å². The van der Waals surface area contributed by atoms with Crippen LogP contribution in [0.5, 0.6) is 0 Å². The fourth-order valence-electron chi connectivity index (χ4n) is 3.05. The molecule has 1 saturated heterocycles. The second-order valence-corrected chi connectivity index (χ2v) is 6.98. The summed E-state index contributed by atoms with van der Waals surface area (Å²) >= 11 is 5.88. The maximum atomic E-state index is 12.5. The number of piperazine rings is 1. The Kier molecular flexibility index (Phi) is 5.12. The van der Waals surface area contributed by atoms with E-state index in [4.69, 9.17) is 11.6 Å². The molecule has 3 heterocycles. The number of aromatic nitrogens is 4. The lowest BCUT2D eigenvalue weighted by atomic mass is 10.3. The number of rotatable bonds is 3. The largest absolute Gasteiger partial charge is 0.353 e. The van der Waals surface area contributed by atoms with Crippen LogP contribution in [0.4, 0.5) is 16.3 Å². The van der Waals surface area contributed by atoms with Crippen molar-refractivity contribution in [3.05, 3.63) is 59.6 Å². The van der Waals surface area contributed by atoms with E-state index in [9.17, 15) is 4.79 Å². The van der Waals surface area contributed by atoms with E-state index in [0.717, 1.165) is 23.0 Å². The minimum atomic E-state index is -0.114. The van der Waals surface area contributed by atoms with Crippen LogP contribution in [0.3, 0.4) is 0 Å². The van der Waals surface area contributed by atoms with Gasteiger partial charge in [0.15, 0.2) is 5.82 Å². The Morgan fingerprint density at radius 2 is 1.75 bits per heavy atom. The average molecular weight is 398 g/mol. The molecule has 9 heteroatoms. The summed E-state index contributed by atoms with van der Waals surface area (Å²) in [6, 6.07) is 10.8. The number of hydrogen-bond donors (Lipinski definition) is 1. The Balaban J connectivity index is 1.37. The molecule has 1 aromatic carbocycles. The van der Waals surface area contributed by atoms with Crippen LogP contribution in [-0.4, -0.2) is 56.9 Å². The molecule has 8 nitrogen and oxygen atoms in total. The highest BCUT2D eigenvalue weighted by Crippen LogP contribution is 2.17. The molecule has 2 amide bonds. The molecule has 4 rings (SSSR count). The molecule has 0 unspecified atom stereocenters. The Morgan fingerprint density at radius 3 is 2.43 bits per heavy atom. The first-order valence-electron chi connectivity index (χ1n) is 8.99. The molecule has 1 aliphatic heterocycles. The zero-order valence-corrected chi connectivity index (χ0v) is 16.2. The number of halogens is 1. The normalized spacial score (nSPS) is 14.2. The van der Waals surface area contributed by atoms with Gasteiger partial charge in [0.05, 0.1) is 5.69 Å². The van der Waals surface area contributed by atoms with Crippen molar-refractivity contribution in [3.8, 4) is 5.82 Å². The van der Waals surface area contributed by atoms with Gasteiger partial charge in [-0.3, -0.25) is 0 Å². The van der Waals surface area contributed by atoms with Crippen molar-refractivity contribution in [1.82, 2.24) is 24.6 Å². The number of amides is 2. The number of urea groups is 1. The zero-order chi connectivity index (χ0) is 19.5. The van der Waals surface area contributed by atoms with E-state index < -0.39 is 0 Å². The number of carbonyl (C=O) groups excluding carboxylic acids is 1. The lowest BCUT2D eigenvalue weighted by molar-refractivity contribution is 0.208. The third-order valence-electron chi connectivity index (χ3n) is 4.58. The highest BCUT2D eigenvalue weighted by molar-refractivity contribution is 6.30. The maximum Gasteiger partial charge on any atom is 0.321 e. The summed E-state index contributed by atoms with van der Waals surface area (Å²) in [6.45, 7) is 4.55. The molecule has 1 N–H and O–H groups in total. The van der Waals surface area contributed by atoms with Gasteiger partial charge >= 0.3 is 6.03 Å². The summed E-state index contributed by atoms with van der Waals surface area (Å²) in [6.07, 6.45) is 3.42. The van der Waals surface area contributed by atoms with Crippen LogP contribution >= 0.6 is 11.6 Å². The summed E-state index contributed by atoms with van der Waals surface area (Å²) in [5, 5.41) is 7.93. The van der Waals surface area contributed by atoms with Gasteiger partial charge in [-0.1, -0.05) is 11.6 Å². The molecule has 0 saturated carbocycles. The van der Waals surface area contributed by atoms with Gasteiger partial charge in [-0.25, -0.2) is 19.4 Å². The second kappa shape index (κ2) is 7.85. The topological polar surface area (TPSA) is 79.2 Å². The molecule has 3 aromatic rings. The van der Waals surface area contributed by atoms with Gasteiger partial charge in [0.25, 0.3) is 0 Å². The van der Waals surface area contributed by atoms with E-state index in [1.54, 1.807) is 40.2 Å². The standard InChI is InChI=1S/C19H20ClN7O/c1-14-6-7-27(24-14)18-12-17(21-13-22-18)25-8-10-26(11-9-25)19(28)23-16-4-2-15(20)3-5-16/h2-7,12-13H,8-11H2,1H3,(H,23,28). The van der Waals surface area contributed by atoms with Crippen molar-refractivity contribution in [2.24, 2.45) is 0 Å². The van der Waals surface area contributed by atoms with Crippen LogP contribution in [0.15, 0.2) is 48.9 Å². The zero-order valence-electron chi connectivity index (χ0n) is 15.4. The number of benzene rings is 1. The molecule has 0 bridgehead atoms. The number of anilines is 2. The van der Waals surface area contributed by atoms with Gasteiger partial charge < -0.3 is 15.1 Å². The Labute approximate surface area is 167 Å². The molecule has 1 fully saturated rings. The van der Waals surface area contributed by atoms with Crippen LogP contribution in [0.1, 0.15) is 5.69 Å². The van der Waals surface area contributed by atoms with Crippen LogP contribution in [-0.2, 0) is 0 Å². The number of aryl methyl sites for hydroxylation is 1. The molecular formula is C19H20ClN7O. The maximum absolute atomic E-state index is 12.5. The fraction of sp³-hybridized carbons (Fsp3) is 0.263. The molecule has 1 aliphatic rings. The van der Waals surface area contributed by atoms with Gasteiger partial charge in [-0.15, -0.1) is 0 Å². The number of hydrogen-bond acceptors (Lipinski definition) is 5. The van der Waals surface area contributed by atoms with Crippen molar-refractivity contribution < 1.29 is 4.79 Å². The molecule has 0 aliphatic carbocycles. The Bertz CT molecular complexity index is 964. The first-order valence-corrected chi connectivity index (χ1v) is 9.37. The summed E-state index contributed by atoms with van der Waals surface area (Å²) in [5.74, 6) is 1.55. The van der Waals surface area contributed by atoms with Gasteiger partial charge in [0, 0.05) is 49.2 Å². The Hall–Kier alpha value is -3.13. The Morgan fingerprint density at radius 1 is 1.04 bits per heavy atom. The summed E-state index contributed by atoms with van der Waals surface area (Å²) in [4.78, 5) is 25.1. The van der Waals surface area contributed by atoms with Crippen molar-refractivity contribution in [2.45, 2.75) is 6.92 Å². The molecule has 0 spiro atoms. The quantitative estimate of drug-likeness (QED) is 0.735. The van der Waals surface area contributed by atoms with Crippen molar-refractivity contribution in [3.63, 3.8) is 0 Å². The minimum Gasteiger partial charge on any atom is -0.353 e. The first kappa shape index (κ1) is 18.2. The highest BCUT2D eigenvalue weighted by Gasteiger charge is 2.22. The van der Waals surface area contributed by atoms with E-state index in [-0.39, 0.29) is 6.03 Å². The van der Waals surface area contributed by atoms with Crippen LogP contribution in [0, 0.1) is 6.92 Å². The molecular weight excluding hydrogens is 378 g/mol. The van der Waals surface area contributed by atoms with Crippen LogP contribution in [0.25, 0.3) is 5.82 Å². The average Bonchev–Trinajstić information content (AvgIpc) is 3.16. The molecule has 28 heavy (non-hydrogen) atoms. The number of nitrogens with zero attached hydrogens (tertiary/aromatic N) is 6. The van der Waals surface area contributed by atoms with Crippen molar-refractivity contribution in [1.29, 1.82) is 0 Å². The second-order valence-electron chi connectivity index (χ2n) is 6.55. The number of nitrogens with one attached hydrogen (secondary N) is 1. The molecule has 2 aromatic heterocycles. The number of carbonyl (C=O) groups is 1. The van der Waals surface area contributed by atoms with E-state index in [2.05, 4.69) is 25.3 Å². The summed E-state index contributed by atoms with van der Waals surface area (Å²) < 4.78 is 1.73. The van der Waals surface area contributed by atoms with Crippen molar-refractivity contribution >= 4 is 29.1 Å². The smallest absolute Gasteiger partial charge is 0.321 e. The SMILES string of the molecule is Cc1ccn(-c2cc(N3CCN(C(=O)Nc4ccc(Cl)cc4)CC3)ncn2)n1. The predicted molar refractivity (Wildman–Crippen MR) is 108 cm³/mol.